The number of rotatable bonds is 3. The summed E-state index contributed by atoms with van der Waals surface area (Å²) < 4.78 is 1.63. The predicted molar refractivity (Wildman–Crippen MR) is 48.9 cm³/mol. The van der Waals surface area contributed by atoms with Gasteiger partial charge < -0.3 is 10.8 Å². The minimum atomic E-state index is -0.794. The van der Waals surface area contributed by atoms with Crippen LogP contribution in [0, 0.1) is 0 Å². The van der Waals surface area contributed by atoms with Crippen molar-refractivity contribution in [3.63, 3.8) is 0 Å². The average Bonchev–Trinajstić information content (AvgIpc) is 2.31. The highest BCUT2D eigenvalue weighted by atomic mass is 16.3. The number of nitrogens with two attached hydrogens (primary N) is 1. The van der Waals surface area contributed by atoms with Crippen molar-refractivity contribution in [3.05, 3.63) is 11.9 Å². The number of hydrogen-bond donors (Lipinski definition) is 2. The van der Waals surface area contributed by atoms with Gasteiger partial charge >= 0.3 is 0 Å². The van der Waals surface area contributed by atoms with E-state index in [0.717, 1.165) is 5.69 Å². The summed E-state index contributed by atoms with van der Waals surface area (Å²) in [6, 6.07) is -0.114. The van der Waals surface area contributed by atoms with Gasteiger partial charge in [0, 0.05) is 6.04 Å². The summed E-state index contributed by atoms with van der Waals surface area (Å²) in [6.07, 6.45) is 1.62. The van der Waals surface area contributed by atoms with Gasteiger partial charge in [-0.05, 0) is 20.8 Å². The van der Waals surface area contributed by atoms with Gasteiger partial charge in [-0.3, -0.25) is 0 Å². The third kappa shape index (κ3) is 2.78. The summed E-state index contributed by atoms with van der Waals surface area (Å²) in [7, 11) is 0. The van der Waals surface area contributed by atoms with E-state index in [2.05, 4.69) is 10.3 Å². The lowest BCUT2D eigenvalue weighted by Crippen LogP contribution is -2.28. The Labute approximate surface area is 77.6 Å². The van der Waals surface area contributed by atoms with Crippen molar-refractivity contribution in [1.82, 2.24) is 15.0 Å². The van der Waals surface area contributed by atoms with Crippen LogP contribution in [-0.2, 0) is 6.54 Å². The number of aliphatic hydroxyl groups is 1. The normalized spacial score (nSPS) is 14.5. The minimum Gasteiger partial charge on any atom is -0.389 e. The molecule has 13 heavy (non-hydrogen) atoms. The molecule has 1 unspecified atom stereocenters. The van der Waals surface area contributed by atoms with Gasteiger partial charge in [-0.2, -0.15) is 0 Å². The molecule has 1 atom stereocenters. The van der Waals surface area contributed by atoms with Crippen molar-refractivity contribution >= 4 is 0 Å². The van der Waals surface area contributed by atoms with E-state index in [1.165, 1.54) is 0 Å². The summed E-state index contributed by atoms with van der Waals surface area (Å²) in [5.41, 5.74) is 5.74. The highest BCUT2D eigenvalue weighted by Crippen LogP contribution is 2.11. The predicted octanol–water partition coefficient (Wildman–Crippen LogP) is 0.0687. The fourth-order valence-electron chi connectivity index (χ4n) is 1.11. The topological polar surface area (TPSA) is 77.0 Å². The molecule has 1 heterocycles. The zero-order valence-electron chi connectivity index (χ0n) is 8.23. The monoisotopic (exact) mass is 184 g/mol. The van der Waals surface area contributed by atoms with Crippen LogP contribution in [0.15, 0.2) is 6.20 Å². The molecule has 0 aliphatic rings. The van der Waals surface area contributed by atoms with E-state index >= 15 is 0 Å². The first-order valence-corrected chi connectivity index (χ1v) is 4.26. The van der Waals surface area contributed by atoms with Crippen LogP contribution in [0.5, 0.6) is 0 Å². The Morgan fingerprint density at radius 1 is 1.69 bits per heavy atom. The van der Waals surface area contributed by atoms with Crippen LogP contribution in [0.4, 0.5) is 0 Å². The first-order chi connectivity index (χ1) is 5.90. The van der Waals surface area contributed by atoms with Gasteiger partial charge in [-0.1, -0.05) is 5.21 Å². The molecular weight excluding hydrogens is 168 g/mol. The molecule has 0 radical (unpaired) electrons. The Balaban J connectivity index is 2.83. The maximum Gasteiger partial charge on any atom is 0.0787 e. The summed E-state index contributed by atoms with van der Waals surface area (Å²) in [6.45, 7) is 5.71. The van der Waals surface area contributed by atoms with Gasteiger partial charge in [-0.15, -0.1) is 5.10 Å². The molecular formula is C8H16N4O. The standard InChI is InChI=1S/C8H16N4O/c1-6(9)7-4-10-11-12(7)5-8(2,3)13/h4,6,13H,5,9H2,1-3H3. The first-order valence-electron chi connectivity index (χ1n) is 4.26. The van der Waals surface area contributed by atoms with Crippen LogP contribution in [0.1, 0.15) is 32.5 Å². The molecule has 0 saturated heterocycles. The lowest BCUT2D eigenvalue weighted by molar-refractivity contribution is 0.0559. The molecule has 3 N–H and O–H groups in total. The molecule has 5 nitrogen and oxygen atoms in total. The maximum atomic E-state index is 9.57. The second kappa shape index (κ2) is 3.43. The Bertz CT molecular complexity index is 274. The van der Waals surface area contributed by atoms with Gasteiger partial charge in [0.1, 0.15) is 0 Å². The smallest absolute Gasteiger partial charge is 0.0787 e. The van der Waals surface area contributed by atoms with E-state index in [1.54, 1.807) is 24.7 Å². The van der Waals surface area contributed by atoms with Crippen molar-refractivity contribution in [3.8, 4) is 0 Å². The third-order valence-corrected chi connectivity index (χ3v) is 1.65. The fraction of sp³-hybridized carbons (Fsp3) is 0.750. The van der Waals surface area contributed by atoms with Crippen molar-refractivity contribution in [2.45, 2.75) is 39.0 Å². The lowest BCUT2D eigenvalue weighted by atomic mass is 10.1. The highest BCUT2D eigenvalue weighted by Gasteiger charge is 2.17. The molecule has 1 aromatic heterocycles. The van der Waals surface area contributed by atoms with Crippen molar-refractivity contribution < 1.29 is 5.11 Å². The number of nitrogens with zero attached hydrogens (tertiary/aromatic N) is 3. The second-order valence-electron chi connectivity index (χ2n) is 3.92. The van der Waals surface area contributed by atoms with Crippen LogP contribution < -0.4 is 5.73 Å². The zero-order chi connectivity index (χ0) is 10.1. The molecule has 74 valence electrons. The van der Waals surface area contributed by atoms with E-state index in [-0.39, 0.29) is 6.04 Å². The zero-order valence-corrected chi connectivity index (χ0v) is 8.23. The van der Waals surface area contributed by atoms with Gasteiger partial charge in [0.25, 0.3) is 0 Å². The Hall–Kier alpha value is -0.940. The highest BCUT2D eigenvalue weighted by molar-refractivity contribution is 4.99. The molecule has 1 aromatic rings. The summed E-state index contributed by atoms with van der Waals surface area (Å²) in [5, 5.41) is 17.2. The van der Waals surface area contributed by atoms with E-state index in [1.807, 2.05) is 6.92 Å². The molecule has 0 spiro atoms. The van der Waals surface area contributed by atoms with E-state index in [9.17, 15) is 5.11 Å². The minimum absolute atomic E-state index is 0.114. The summed E-state index contributed by atoms with van der Waals surface area (Å²) in [4.78, 5) is 0. The van der Waals surface area contributed by atoms with Gasteiger partial charge in [0.15, 0.2) is 0 Å². The molecule has 1 rings (SSSR count). The van der Waals surface area contributed by atoms with Crippen LogP contribution in [0.25, 0.3) is 0 Å². The number of hydrogen-bond acceptors (Lipinski definition) is 4. The van der Waals surface area contributed by atoms with Crippen molar-refractivity contribution in [2.24, 2.45) is 5.73 Å². The quantitative estimate of drug-likeness (QED) is 0.697. The van der Waals surface area contributed by atoms with E-state index < -0.39 is 5.60 Å². The Morgan fingerprint density at radius 3 is 2.77 bits per heavy atom. The molecule has 0 saturated carbocycles. The van der Waals surface area contributed by atoms with Gasteiger partial charge in [-0.25, -0.2) is 4.68 Å². The van der Waals surface area contributed by atoms with Gasteiger partial charge in [0.2, 0.25) is 0 Å². The van der Waals surface area contributed by atoms with E-state index in [4.69, 9.17) is 5.73 Å². The molecule has 0 bridgehead atoms. The third-order valence-electron chi connectivity index (χ3n) is 1.65. The molecule has 0 amide bonds. The lowest BCUT2D eigenvalue weighted by Gasteiger charge is -2.18. The second-order valence-corrected chi connectivity index (χ2v) is 3.92. The number of aromatic nitrogens is 3. The Kier molecular flexibility index (Phi) is 2.68. The first kappa shape index (κ1) is 10.1. The molecule has 5 heteroatoms. The molecule has 0 aromatic carbocycles. The van der Waals surface area contributed by atoms with Gasteiger partial charge in [0.05, 0.1) is 24.0 Å². The van der Waals surface area contributed by atoms with Crippen LogP contribution in [0.3, 0.4) is 0 Å². The molecule has 0 aliphatic heterocycles. The van der Waals surface area contributed by atoms with Crippen LogP contribution >= 0.6 is 0 Å². The van der Waals surface area contributed by atoms with Crippen molar-refractivity contribution in [2.75, 3.05) is 0 Å². The molecule has 0 aliphatic carbocycles. The summed E-state index contributed by atoms with van der Waals surface area (Å²) in [5.74, 6) is 0. The van der Waals surface area contributed by atoms with Crippen LogP contribution in [0.2, 0.25) is 0 Å². The average molecular weight is 184 g/mol. The molecule has 0 fully saturated rings. The fourth-order valence-corrected chi connectivity index (χ4v) is 1.11. The Morgan fingerprint density at radius 2 is 2.31 bits per heavy atom. The van der Waals surface area contributed by atoms with E-state index in [0.29, 0.717) is 6.54 Å². The largest absolute Gasteiger partial charge is 0.389 e. The van der Waals surface area contributed by atoms with Crippen LogP contribution in [-0.4, -0.2) is 25.7 Å². The summed E-state index contributed by atoms with van der Waals surface area (Å²) >= 11 is 0. The maximum absolute atomic E-state index is 9.57. The van der Waals surface area contributed by atoms with Crippen molar-refractivity contribution in [1.29, 1.82) is 0 Å². The SMILES string of the molecule is CC(N)c1cnnn1CC(C)(C)O.